The number of fused-ring (bicyclic) bond motifs is 1. The SMILES string of the molecule is O=C1Cc2cc(I)ccc2N1Cc1cccc(F)c1. The van der Waals surface area contributed by atoms with Crippen molar-refractivity contribution in [3.63, 3.8) is 0 Å². The maximum absolute atomic E-state index is 13.2. The normalized spacial score (nSPS) is 13.8. The molecular weight excluding hydrogens is 356 g/mol. The summed E-state index contributed by atoms with van der Waals surface area (Å²) in [4.78, 5) is 13.8. The third-order valence-corrected chi connectivity index (χ3v) is 3.88. The van der Waals surface area contributed by atoms with Crippen LogP contribution in [-0.4, -0.2) is 5.91 Å². The summed E-state index contributed by atoms with van der Waals surface area (Å²) in [6, 6.07) is 12.3. The highest BCUT2D eigenvalue weighted by Gasteiger charge is 2.27. The minimum atomic E-state index is -0.271. The summed E-state index contributed by atoms with van der Waals surface area (Å²) < 4.78 is 14.3. The van der Waals surface area contributed by atoms with Crippen molar-refractivity contribution < 1.29 is 9.18 Å². The van der Waals surface area contributed by atoms with E-state index in [2.05, 4.69) is 22.6 Å². The third kappa shape index (κ3) is 2.49. The van der Waals surface area contributed by atoms with Crippen LogP contribution < -0.4 is 4.90 Å². The Balaban J connectivity index is 1.92. The molecule has 1 aliphatic rings. The molecule has 0 radical (unpaired) electrons. The van der Waals surface area contributed by atoms with E-state index in [1.54, 1.807) is 11.0 Å². The van der Waals surface area contributed by atoms with Crippen molar-refractivity contribution in [2.24, 2.45) is 0 Å². The Morgan fingerprint density at radius 3 is 2.84 bits per heavy atom. The van der Waals surface area contributed by atoms with Crippen LogP contribution in [0.2, 0.25) is 0 Å². The highest BCUT2D eigenvalue weighted by atomic mass is 127. The predicted octanol–water partition coefficient (Wildman–Crippen LogP) is 3.52. The van der Waals surface area contributed by atoms with E-state index in [1.807, 2.05) is 24.3 Å². The summed E-state index contributed by atoms with van der Waals surface area (Å²) in [5, 5.41) is 0. The summed E-state index contributed by atoms with van der Waals surface area (Å²) in [7, 11) is 0. The fraction of sp³-hybridized carbons (Fsp3) is 0.133. The van der Waals surface area contributed by atoms with Crippen molar-refractivity contribution in [1.29, 1.82) is 0 Å². The van der Waals surface area contributed by atoms with Crippen LogP contribution in [-0.2, 0) is 17.8 Å². The van der Waals surface area contributed by atoms with Crippen molar-refractivity contribution in [3.05, 3.63) is 63.0 Å². The fourth-order valence-electron chi connectivity index (χ4n) is 2.34. The van der Waals surface area contributed by atoms with E-state index >= 15 is 0 Å². The molecule has 2 nitrogen and oxygen atoms in total. The Morgan fingerprint density at radius 1 is 1.21 bits per heavy atom. The molecule has 1 amide bonds. The van der Waals surface area contributed by atoms with Crippen LogP contribution in [0.1, 0.15) is 11.1 Å². The van der Waals surface area contributed by atoms with Gasteiger partial charge in [0, 0.05) is 9.26 Å². The first-order valence-corrected chi connectivity index (χ1v) is 7.04. The summed E-state index contributed by atoms with van der Waals surface area (Å²) >= 11 is 2.24. The Kier molecular flexibility index (Phi) is 3.26. The average Bonchev–Trinajstić information content (AvgIpc) is 2.65. The van der Waals surface area contributed by atoms with E-state index in [1.165, 1.54) is 12.1 Å². The smallest absolute Gasteiger partial charge is 0.231 e. The maximum atomic E-state index is 13.2. The van der Waals surface area contributed by atoms with E-state index in [-0.39, 0.29) is 11.7 Å². The molecule has 0 spiro atoms. The molecule has 0 aromatic heterocycles. The van der Waals surface area contributed by atoms with Crippen LogP contribution in [0.4, 0.5) is 10.1 Å². The van der Waals surface area contributed by atoms with Crippen LogP contribution in [0.15, 0.2) is 42.5 Å². The highest BCUT2D eigenvalue weighted by molar-refractivity contribution is 14.1. The second-order valence-corrected chi connectivity index (χ2v) is 5.81. The number of halogens is 2. The predicted molar refractivity (Wildman–Crippen MR) is 80.5 cm³/mol. The summed E-state index contributed by atoms with van der Waals surface area (Å²) in [6.45, 7) is 0.421. The van der Waals surface area contributed by atoms with Crippen molar-refractivity contribution in [2.75, 3.05) is 4.90 Å². The van der Waals surface area contributed by atoms with Gasteiger partial charge in [0.2, 0.25) is 5.91 Å². The summed E-state index contributed by atoms with van der Waals surface area (Å²) in [6.07, 6.45) is 0.432. The van der Waals surface area contributed by atoms with Gasteiger partial charge in [-0.05, 0) is 64.0 Å². The van der Waals surface area contributed by atoms with Gasteiger partial charge in [-0.1, -0.05) is 12.1 Å². The van der Waals surface area contributed by atoms with Gasteiger partial charge in [-0.15, -0.1) is 0 Å². The average molecular weight is 367 g/mol. The number of anilines is 1. The van der Waals surface area contributed by atoms with E-state index in [9.17, 15) is 9.18 Å². The van der Waals surface area contributed by atoms with Crippen LogP contribution in [0, 0.1) is 9.39 Å². The zero-order valence-electron chi connectivity index (χ0n) is 10.1. The van der Waals surface area contributed by atoms with E-state index in [0.717, 1.165) is 20.4 Å². The molecule has 96 valence electrons. The quantitative estimate of drug-likeness (QED) is 0.744. The van der Waals surface area contributed by atoms with Gasteiger partial charge >= 0.3 is 0 Å². The minimum Gasteiger partial charge on any atom is -0.307 e. The van der Waals surface area contributed by atoms with Crippen LogP contribution in [0.25, 0.3) is 0 Å². The molecule has 0 N–H and O–H groups in total. The van der Waals surface area contributed by atoms with Crippen molar-refractivity contribution >= 4 is 34.2 Å². The summed E-state index contributed by atoms with van der Waals surface area (Å²) in [5.74, 6) is -0.201. The lowest BCUT2D eigenvalue weighted by molar-refractivity contribution is -0.117. The standard InChI is InChI=1S/C15H11FINO/c16-12-3-1-2-10(6-12)9-18-14-5-4-13(17)7-11(14)8-15(18)19/h1-7H,8-9H2. The zero-order valence-corrected chi connectivity index (χ0v) is 12.2. The van der Waals surface area contributed by atoms with E-state index in [4.69, 9.17) is 0 Å². The molecule has 19 heavy (non-hydrogen) atoms. The Hall–Kier alpha value is -1.43. The first-order chi connectivity index (χ1) is 9.13. The number of amides is 1. The lowest BCUT2D eigenvalue weighted by Crippen LogP contribution is -2.25. The first kappa shape index (κ1) is 12.6. The Bertz CT molecular complexity index is 656. The number of benzene rings is 2. The molecule has 0 saturated carbocycles. The van der Waals surface area contributed by atoms with Crippen LogP contribution in [0.3, 0.4) is 0 Å². The molecule has 1 heterocycles. The molecule has 2 aromatic rings. The van der Waals surface area contributed by atoms with Gasteiger partial charge in [-0.2, -0.15) is 0 Å². The van der Waals surface area contributed by atoms with Gasteiger partial charge in [0.05, 0.1) is 13.0 Å². The van der Waals surface area contributed by atoms with Crippen LogP contribution >= 0.6 is 22.6 Å². The van der Waals surface area contributed by atoms with Crippen molar-refractivity contribution in [3.8, 4) is 0 Å². The molecule has 0 bridgehead atoms. The van der Waals surface area contributed by atoms with Gasteiger partial charge in [-0.3, -0.25) is 4.79 Å². The lowest BCUT2D eigenvalue weighted by atomic mass is 10.1. The van der Waals surface area contributed by atoms with Crippen LogP contribution in [0.5, 0.6) is 0 Å². The van der Waals surface area contributed by atoms with E-state index < -0.39 is 0 Å². The highest BCUT2D eigenvalue weighted by Crippen LogP contribution is 2.31. The number of hydrogen-bond donors (Lipinski definition) is 0. The minimum absolute atomic E-state index is 0.0706. The van der Waals surface area contributed by atoms with Crippen molar-refractivity contribution in [1.82, 2.24) is 0 Å². The molecule has 0 unspecified atom stereocenters. The number of nitrogens with zero attached hydrogens (tertiary/aromatic N) is 1. The van der Waals surface area contributed by atoms with E-state index in [0.29, 0.717) is 13.0 Å². The number of hydrogen-bond acceptors (Lipinski definition) is 1. The van der Waals surface area contributed by atoms with Gasteiger partial charge in [-0.25, -0.2) is 4.39 Å². The number of carbonyl (C=O) groups excluding carboxylic acids is 1. The molecular formula is C15H11FINO. The third-order valence-electron chi connectivity index (χ3n) is 3.20. The number of carbonyl (C=O) groups is 1. The lowest BCUT2D eigenvalue weighted by Gasteiger charge is -2.17. The Morgan fingerprint density at radius 2 is 2.05 bits per heavy atom. The second-order valence-electron chi connectivity index (χ2n) is 4.56. The molecule has 3 rings (SSSR count). The topological polar surface area (TPSA) is 20.3 Å². The molecule has 0 atom stereocenters. The summed E-state index contributed by atoms with van der Waals surface area (Å²) in [5.41, 5.74) is 2.79. The molecule has 0 fully saturated rings. The monoisotopic (exact) mass is 367 g/mol. The van der Waals surface area contributed by atoms with Gasteiger partial charge in [0.25, 0.3) is 0 Å². The molecule has 2 aromatic carbocycles. The fourth-order valence-corrected chi connectivity index (χ4v) is 2.90. The molecule has 1 aliphatic heterocycles. The Labute approximate surface area is 124 Å². The molecule has 4 heteroatoms. The number of rotatable bonds is 2. The van der Waals surface area contributed by atoms with Crippen molar-refractivity contribution in [2.45, 2.75) is 13.0 Å². The zero-order chi connectivity index (χ0) is 13.4. The molecule has 0 aliphatic carbocycles. The van der Waals surface area contributed by atoms with Gasteiger partial charge in [0.1, 0.15) is 5.82 Å². The first-order valence-electron chi connectivity index (χ1n) is 5.97. The molecule has 0 saturated heterocycles. The second kappa shape index (κ2) is 4.92. The largest absolute Gasteiger partial charge is 0.307 e. The maximum Gasteiger partial charge on any atom is 0.231 e. The van der Waals surface area contributed by atoms with Gasteiger partial charge < -0.3 is 4.90 Å². The van der Waals surface area contributed by atoms with Gasteiger partial charge in [0.15, 0.2) is 0 Å².